The highest BCUT2D eigenvalue weighted by atomic mass is 16.3. The van der Waals surface area contributed by atoms with Gasteiger partial charge < -0.3 is 4.42 Å². The van der Waals surface area contributed by atoms with E-state index in [1.54, 1.807) is 0 Å². The van der Waals surface area contributed by atoms with E-state index in [9.17, 15) is 0 Å². The number of rotatable bonds is 3. The van der Waals surface area contributed by atoms with Crippen molar-refractivity contribution in [2.75, 3.05) is 0 Å². The molecule has 0 fully saturated rings. The van der Waals surface area contributed by atoms with Gasteiger partial charge in [0.1, 0.15) is 11.2 Å². The summed E-state index contributed by atoms with van der Waals surface area (Å²) in [5.41, 5.74) is 6.95. The van der Waals surface area contributed by atoms with Crippen LogP contribution >= 0.6 is 0 Å². The van der Waals surface area contributed by atoms with Gasteiger partial charge in [-0.1, -0.05) is 40.7 Å². The second-order valence-electron chi connectivity index (χ2n) is 9.01. The molecular weight excluding hydrogens is 330 g/mol. The Hall–Kier alpha value is -2.61. The van der Waals surface area contributed by atoms with Gasteiger partial charge in [-0.05, 0) is 71.3 Å². The van der Waals surface area contributed by atoms with E-state index in [0.717, 1.165) is 34.2 Å². The molecule has 2 aromatic carbocycles. The molecule has 0 saturated heterocycles. The largest absolute Gasteiger partial charge is 0.456 e. The van der Waals surface area contributed by atoms with E-state index < -0.39 is 0 Å². The van der Waals surface area contributed by atoms with E-state index in [1.165, 1.54) is 16.5 Å². The van der Waals surface area contributed by atoms with Crippen LogP contribution in [0.25, 0.3) is 33.2 Å². The number of furan rings is 1. The second kappa shape index (κ2) is 6.53. The minimum absolute atomic E-state index is 0.261. The first-order valence-electron chi connectivity index (χ1n) is 9.72. The van der Waals surface area contributed by atoms with Gasteiger partial charge in [0, 0.05) is 22.5 Å². The Morgan fingerprint density at radius 3 is 2.30 bits per heavy atom. The molecule has 2 heteroatoms. The smallest absolute Gasteiger partial charge is 0.135 e. The van der Waals surface area contributed by atoms with Crippen molar-refractivity contribution in [2.45, 2.75) is 47.0 Å². The first-order chi connectivity index (χ1) is 12.8. The number of hydrogen-bond acceptors (Lipinski definition) is 2. The highest BCUT2D eigenvalue weighted by Crippen LogP contribution is 2.34. The summed E-state index contributed by atoms with van der Waals surface area (Å²) in [6.45, 7) is 11.2. The first kappa shape index (κ1) is 17.8. The van der Waals surface area contributed by atoms with Crippen molar-refractivity contribution in [3.8, 4) is 11.3 Å². The lowest BCUT2D eigenvalue weighted by atomic mass is 9.88. The van der Waals surface area contributed by atoms with Crippen LogP contribution in [0.1, 0.15) is 51.7 Å². The van der Waals surface area contributed by atoms with Gasteiger partial charge in [-0.2, -0.15) is 0 Å². The van der Waals surface area contributed by atoms with E-state index in [1.807, 2.05) is 6.20 Å². The van der Waals surface area contributed by atoms with Crippen LogP contribution < -0.4 is 0 Å². The van der Waals surface area contributed by atoms with Gasteiger partial charge in [0.15, 0.2) is 0 Å². The molecule has 27 heavy (non-hydrogen) atoms. The Morgan fingerprint density at radius 1 is 0.889 bits per heavy atom. The van der Waals surface area contributed by atoms with Crippen LogP contribution in [0.2, 0.25) is 0 Å². The lowest BCUT2D eigenvalue weighted by molar-refractivity contribution is 0.411. The van der Waals surface area contributed by atoms with Gasteiger partial charge >= 0.3 is 0 Å². The standard InChI is InChI=1S/C25H27NO/c1-16(2)18-6-8-23-20(13-18)21-14-19(7-9-24(21)27-23)22-12-17(10-11-26-22)15-25(3,4)5/h6-14,16H,15H2,1-5H3. The van der Waals surface area contributed by atoms with Crippen LogP contribution in [0.3, 0.4) is 0 Å². The number of benzene rings is 2. The average molecular weight is 357 g/mol. The van der Waals surface area contributed by atoms with E-state index in [-0.39, 0.29) is 5.41 Å². The van der Waals surface area contributed by atoms with E-state index in [2.05, 4.69) is 88.1 Å². The fourth-order valence-electron chi connectivity index (χ4n) is 3.67. The van der Waals surface area contributed by atoms with Crippen molar-refractivity contribution in [1.29, 1.82) is 0 Å². The molecular formula is C25H27NO. The van der Waals surface area contributed by atoms with Gasteiger partial charge in [-0.25, -0.2) is 0 Å². The van der Waals surface area contributed by atoms with Crippen molar-refractivity contribution in [2.24, 2.45) is 5.41 Å². The summed E-state index contributed by atoms with van der Waals surface area (Å²) in [5, 5.41) is 2.34. The van der Waals surface area contributed by atoms with Gasteiger partial charge in [0.2, 0.25) is 0 Å². The third-order valence-electron chi connectivity index (χ3n) is 5.01. The molecule has 2 heterocycles. The van der Waals surface area contributed by atoms with Crippen molar-refractivity contribution < 1.29 is 4.42 Å². The monoisotopic (exact) mass is 357 g/mol. The summed E-state index contributed by atoms with van der Waals surface area (Å²) >= 11 is 0. The normalized spacial score (nSPS) is 12.4. The predicted molar refractivity (Wildman–Crippen MR) is 114 cm³/mol. The Morgan fingerprint density at radius 2 is 1.59 bits per heavy atom. The molecule has 0 radical (unpaired) electrons. The van der Waals surface area contributed by atoms with E-state index in [4.69, 9.17) is 4.42 Å². The average Bonchev–Trinajstić information content (AvgIpc) is 2.97. The number of nitrogens with zero attached hydrogens (tertiary/aromatic N) is 1. The molecule has 138 valence electrons. The molecule has 0 atom stereocenters. The molecule has 0 saturated carbocycles. The SMILES string of the molecule is CC(C)c1ccc2oc3ccc(-c4cc(CC(C)(C)C)ccn4)cc3c2c1. The minimum Gasteiger partial charge on any atom is -0.456 e. The zero-order valence-electron chi connectivity index (χ0n) is 16.8. The summed E-state index contributed by atoms with van der Waals surface area (Å²) in [4.78, 5) is 4.63. The van der Waals surface area contributed by atoms with Crippen LogP contribution in [0.5, 0.6) is 0 Å². The number of fused-ring (bicyclic) bond motifs is 3. The second-order valence-corrected chi connectivity index (χ2v) is 9.01. The summed E-state index contributed by atoms with van der Waals surface area (Å²) in [5.74, 6) is 0.498. The summed E-state index contributed by atoms with van der Waals surface area (Å²) in [7, 11) is 0. The molecule has 0 bridgehead atoms. The molecule has 0 amide bonds. The van der Waals surface area contributed by atoms with Crippen LogP contribution in [0.4, 0.5) is 0 Å². The Kier molecular flexibility index (Phi) is 4.30. The number of hydrogen-bond donors (Lipinski definition) is 0. The zero-order valence-corrected chi connectivity index (χ0v) is 16.8. The molecule has 2 nitrogen and oxygen atoms in total. The fraction of sp³-hybridized carbons (Fsp3) is 0.320. The van der Waals surface area contributed by atoms with Crippen LogP contribution in [0, 0.1) is 5.41 Å². The van der Waals surface area contributed by atoms with Crippen molar-refractivity contribution >= 4 is 21.9 Å². The zero-order chi connectivity index (χ0) is 19.2. The highest BCUT2D eigenvalue weighted by molar-refractivity contribution is 6.06. The molecule has 0 spiro atoms. The van der Waals surface area contributed by atoms with Crippen molar-refractivity contribution in [1.82, 2.24) is 4.98 Å². The first-order valence-corrected chi connectivity index (χ1v) is 9.72. The highest BCUT2D eigenvalue weighted by Gasteiger charge is 2.14. The maximum absolute atomic E-state index is 6.05. The third-order valence-corrected chi connectivity index (χ3v) is 5.01. The summed E-state index contributed by atoms with van der Waals surface area (Å²) < 4.78 is 6.05. The van der Waals surface area contributed by atoms with Crippen molar-refractivity contribution in [3.63, 3.8) is 0 Å². The quantitative estimate of drug-likeness (QED) is 0.383. The lowest BCUT2D eigenvalue weighted by Gasteiger charge is -2.18. The molecule has 0 N–H and O–H groups in total. The molecule has 0 aliphatic carbocycles. The third kappa shape index (κ3) is 3.62. The van der Waals surface area contributed by atoms with Crippen molar-refractivity contribution in [3.05, 3.63) is 65.9 Å². The minimum atomic E-state index is 0.261. The topological polar surface area (TPSA) is 26.0 Å². The maximum atomic E-state index is 6.05. The molecule has 4 rings (SSSR count). The summed E-state index contributed by atoms with van der Waals surface area (Å²) in [6.07, 6.45) is 2.96. The Labute approximate surface area is 161 Å². The number of pyridine rings is 1. The Balaban J connectivity index is 1.82. The van der Waals surface area contributed by atoms with E-state index in [0.29, 0.717) is 5.92 Å². The lowest BCUT2D eigenvalue weighted by Crippen LogP contribution is -2.09. The molecule has 2 aromatic heterocycles. The Bertz CT molecular complexity index is 1110. The molecule has 0 aliphatic rings. The van der Waals surface area contributed by atoms with Crippen LogP contribution in [-0.2, 0) is 6.42 Å². The molecule has 0 unspecified atom stereocenters. The molecule has 4 aromatic rings. The maximum Gasteiger partial charge on any atom is 0.135 e. The van der Waals surface area contributed by atoms with Gasteiger partial charge in [-0.3, -0.25) is 4.98 Å². The van der Waals surface area contributed by atoms with E-state index >= 15 is 0 Å². The van der Waals surface area contributed by atoms with Crippen LogP contribution in [0.15, 0.2) is 59.1 Å². The number of aromatic nitrogens is 1. The van der Waals surface area contributed by atoms with Gasteiger partial charge in [-0.15, -0.1) is 0 Å². The fourth-order valence-corrected chi connectivity index (χ4v) is 3.67. The molecule has 0 aliphatic heterocycles. The predicted octanol–water partition coefficient (Wildman–Crippen LogP) is 7.36. The van der Waals surface area contributed by atoms with Gasteiger partial charge in [0.25, 0.3) is 0 Å². The van der Waals surface area contributed by atoms with Gasteiger partial charge in [0.05, 0.1) is 5.69 Å². The summed E-state index contributed by atoms with van der Waals surface area (Å²) in [6, 6.07) is 17.2. The van der Waals surface area contributed by atoms with Crippen LogP contribution in [-0.4, -0.2) is 4.98 Å².